The van der Waals surface area contributed by atoms with Gasteiger partial charge in [0.15, 0.2) is 9.84 Å². The Morgan fingerprint density at radius 1 is 0.830 bits per heavy atom. The SMILES string of the molecule is CCCC(CCC)S(=O)(=O)C[C@H](NC(=O)c1cccc(C)c1)C(=O)N[C@@H](Cc1cc(F)cc(F)c1)[C@H](O)CNCc1cccc(C)c1. The largest absolute Gasteiger partial charge is 0.390 e. The fourth-order valence-corrected chi connectivity index (χ4v) is 7.77. The van der Waals surface area contributed by atoms with Crippen LogP contribution in [-0.2, 0) is 27.6 Å². The zero-order valence-electron chi connectivity index (χ0n) is 27.6. The van der Waals surface area contributed by atoms with Crippen molar-refractivity contribution in [3.05, 3.63) is 106 Å². The number of aryl methyl sites for hydroxylation is 2. The lowest BCUT2D eigenvalue weighted by molar-refractivity contribution is -0.124. The maximum Gasteiger partial charge on any atom is 0.251 e. The number of hydrogen-bond donors (Lipinski definition) is 4. The van der Waals surface area contributed by atoms with E-state index in [2.05, 4.69) is 16.0 Å². The van der Waals surface area contributed by atoms with Crippen LogP contribution < -0.4 is 16.0 Å². The molecule has 3 atom stereocenters. The Bertz CT molecular complexity index is 1570. The first-order chi connectivity index (χ1) is 22.3. The number of sulfone groups is 1. The second-order valence-corrected chi connectivity index (χ2v) is 14.5. The summed E-state index contributed by atoms with van der Waals surface area (Å²) in [5, 5.41) is 19.0. The van der Waals surface area contributed by atoms with Crippen LogP contribution in [0.3, 0.4) is 0 Å². The van der Waals surface area contributed by atoms with Gasteiger partial charge < -0.3 is 21.1 Å². The van der Waals surface area contributed by atoms with Gasteiger partial charge in [-0.25, -0.2) is 17.2 Å². The summed E-state index contributed by atoms with van der Waals surface area (Å²) in [6.07, 6.45) is 0.681. The number of hydrogen-bond acceptors (Lipinski definition) is 6. The maximum absolute atomic E-state index is 14.1. The van der Waals surface area contributed by atoms with E-state index in [1.54, 1.807) is 31.2 Å². The highest BCUT2D eigenvalue weighted by molar-refractivity contribution is 7.92. The third kappa shape index (κ3) is 12.1. The molecule has 0 radical (unpaired) electrons. The molecule has 0 aliphatic carbocycles. The number of benzene rings is 3. The molecule has 0 bridgehead atoms. The van der Waals surface area contributed by atoms with Crippen molar-refractivity contribution in [3.63, 3.8) is 0 Å². The summed E-state index contributed by atoms with van der Waals surface area (Å²) in [6, 6.07) is 14.8. The third-order valence-electron chi connectivity index (χ3n) is 7.97. The smallest absolute Gasteiger partial charge is 0.251 e. The minimum Gasteiger partial charge on any atom is -0.390 e. The zero-order chi connectivity index (χ0) is 34.6. The highest BCUT2D eigenvalue weighted by Crippen LogP contribution is 2.18. The first kappa shape index (κ1) is 37.8. The Kier molecular flexibility index (Phi) is 14.5. The summed E-state index contributed by atoms with van der Waals surface area (Å²) in [4.78, 5) is 27.2. The summed E-state index contributed by atoms with van der Waals surface area (Å²) in [5.41, 5.74) is 3.29. The Morgan fingerprint density at radius 3 is 2.04 bits per heavy atom. The van der Waals surface area contributed by atoms with Crippen LogP contribution in [0.15, 0.2) is 66.7 Å². The molecule has 0 saturated heterocycles. The molecule has 0 aliphatic rings. The summed E-state index contributed by atoms with van der Waals surface area (Å²) in [6.45, 7) is 7.96. The molecule has 0 fully saturated rings. The van der Waals surface area contributed by atoms with E-state index in [0.717, 1.165) is 34.9 Å². The molecular formula is C36H47F2N3O5S. The van der Waals surface area contributed by atoms with Gasteiger partial charge in [-0.1, -0.05) is 74.2 Å². The van der Waals surface area contributed by atoms with Crippen molar-refractivity contribution in [2.24, 2.45) is 0 Å². The summed E-state index contributed by atoms with van der Waals surface area (Å²) in [5.74, 6) is -3.74. The first-order valence-corrected chi connectivity index (χ1v) is 17.8. The highest BCUT2D eigenvalue weighted by atomic mass is 32.2. The molecule has 3 aromatic rings. The fourth-order valence-electron chi connectivity index (χ4n) is 5.60. The van der Waals surface area contributed by atoms with Crippen LogP contribution in [0.2, 0.25) is 0 Å². The second-order valence-electron chi connectivity index (χ2n) is 12.2. The lowest BCUT2D eigenvalue weighted by Crippen LogP contribution is -2.57. The molecule has 0 spiro atoms. The monoisotopic (exact) mass is 671 g/mol. The quantitative estimate of drug-likeness (QED) is 0.152. The molecule has 0 saturated carbocycles. The Labute approximate surface area is 277 Å². The van der Waals surface area contributed by atoms with Gasteiger partial charge in [-0.2, -0.15) is 0 Å². The Hall–Kier alpha value is -3.67. The average Bonchev–Trinajstić information content (AvgIpc) is 2.99. The second kappa shape index (κ2) is 18.0. The van der Waals surface area contributed by atoms with Crippen molar-refractivity contribution >= 4 is 21.7 Å². The zero-order valence-corrected chi connectivity index (χ0v) is 28.4. The van der Waals surface area contributed by atoms with E-state index in [-0.39, 0.29) is 24.1 Å². The van der Waals surface area contributed by atoms with Crippen LogP contribution in [0.5, 0.6) is 0 Å². The van der Waals surface area contributed by atoms with E-state index in [9.17, 15) is 31.9 Å². The molecule has 8 nitrogen and oxygen atoms in total. The molecule has 2 amide bonds. The molecule has 11 heteroatoms. The van der Waals surface area contributed by atoms with Crippen LogP contribution in [-0.4, -0.2) is 61.1 Å². The summed E-state index contributed by atoms with van der Waals surface area (Å²) < 4.78 is 55.4. The van der Waals surface area contributed by atoms with Gasteiger partial charge in [0.05, 0.1) is 23.1 Å². The maximum atomic E-state index is 14.1. The number of aliphatic hydroxyl groups is 1. The molecule has 0 unspecified atom stereocenters. The summed E-state index contributed by atoms with van der Waals surface area (Å²) >= 11 is 0. The van der Waals surface area contributed by atoms with Gasteiger partial charge in [-0.3, -0.25) is 9.59 Å². The van der Waals surface area contributed by atoms with Gasteiger partial charge in [0, 0.05) is 24.7 Å². The van der Waals surface area contributed by atoms with Crippen LogP contribution in [0.4, 0.5) is 8.78 Å². The fraction of sp³-hybridized carbons (Fsp3) is 0.444. The van der Waals surface area contributed by atoms with E-state index in [4.69, 9.17) is 0 Å². The van der Waals surface area contributed by atoms with E-state index >= 15 is 0 Å². The Balaban J connectivity index is 1.89. The topological polar surface area (TPSA) is 125 Å². The standard InChI is InChI=1S/C36H47F2N3O5S/c1-5-9-31(10-6-2)47(45,46)23-33(41-35(43)28-14-8-12-25(4)16-28)36(44)40-32(19-27-17-29(37)20-30(38)18-27)34(42)22-39-21-26-13-7-11-24(3)15-26/h7-8,11-18,20,31-34,39,42H,5-6,9-10,19,21-23H2,1-4H3,(H,40,44)(H,41,43)/t32-,33-,34+/m0/s1. The number of carbonyl (C=O) groups is 2. The molecule has 0 aromatic heterocycles. The van der Waals surface area contributed by atoms with Crippen molar-refractivity contribution in [3.8, 4) is 0 Å². The third-order valence-corrected chi connectivity index (χ3v) is 10.3. The summed E-state index contributed by atoms with van der Waals surface area (Å²) in [7, 11) is -3.85. The normalized spacial score (nSPS) is 13.6. The molecule has 4 N–H and O–H groups in total. The van der Waals surface area contributed by atoms with Crippen molar-refractivity contribution in [1.82, 2.24) is 16.0 Å². The molecule has 0 heterocycles. The first-order valence-electron chi connectivity index (χ1n) is 16.1. The van der Waals surface area contributed by atoms with Crippen LogP contribution in [0.1, 0.15) is 72.1 Å². The minimum absolute atomic E-state index is 0.00434. The van der Waals surface area contributed by atoms with Gasteiger partial charge in [0.2, 0.25) is 5.91 Å². The highest BCUT2D eigenvalue weighted by Gasteiger charge is 2.34. The van der Waals surface area contributed by atoms with E-state index < -0.39 is 62.5 Å². The number of nitrogens with one attached hydrogen (secondary N) is 3. The average molecular weight is 672 g/mol. The molecular weight excluding hydrogens is 624 g/mol. The number of rotatable bonds is 18. The van der Waals surface area contributed by atoms with Gasteiger partial charge in [0.1, 0.15) is 17.7 Å². The van der Waals surface area contributed by atoms with E-state index in [1.165, 1.54) is 0 Å². The number of amides is 2. The Morgan fingerprint density at radius 2 is 1.45 bits per heavy atom. The van der Waals surface area contributed by atoms with Crippen molar-refractivity contribution < 1.29 is 31.9 Å². The molecule has 3 rings (SSSR count). The van der Waals surface area contributed by atoms with Crippen LogP contribution in [0, 0.1) is 25.5 Å². The predicted octanol–water partition coefficient (Wildman–Crippen LogP) is 4.94. The van der Waals surface area contributed by atoms with Gasteiger partial charge in [-0.15, -0.1) is 0 Å². The van der Waals surface area contributed by atoms with E-state index in [0.29, 0.717) is 32.2 Å². The van der Waals surface area contributed by atoms with Gasteiger partial charge in [0.25, 0.3) is 5.91 Å². The lowest BCUT2D eigenvalue weighted by atomic mass is 10.00. The number of halogens is 2. The molecule has 47 heavy (non-hydrogen) atoms. The van der Waals surface area contributed by atoms with Crippen LogP contribution in [0.25, 0.3) is 0 Å². The minimum atomic E-state index is -3.85. The lowest BCUT2D eigenvalue weighted by Gasteiger charge is -2.28. The molecule has 3 aromatic carbocycles. The van der Waals surface area contributed by atoms with Gasteiger partial charge >= 0.3 is 0 Å². The van der Waals surface area contributed by atoms with Crippen LogP contribution >= 0.6 is 0 Å². The molecule has 256 valence electrons. The predicted molar refractivity (Wildman–Crippen MR) is 181 cm³/mol. The number of carbonyl (C=O) groups excluding carboxylic acids is 2. The molecule has 0 aliphatic heterocycles. The van der Waals surface area contributed by atoms with Crippen molar-refractivity contribution in [2.75, 3.05) is 12.3 Å². The number of aliphatic hydroxyl groups excluding tert-OH is 1. The van der Waals surface area contributed by atoms with Gasteiger partial charge in [-0.05, 0) is 68.5 Å². The van der Waals surface area contributed by atoms with Crippen molar-refractivity contribution in [2.45, 2.75) is 89.8 Å². The van der Waals surface area contributed by atoms with Crippen molar-refractivity contribution in [1.29, 1.82) is 0 Å². The van der Waals surface area contributed by atoms with E-state index in [1.807, 2.05) is 45.0 Å².